The van der Waals surface area contributed by atoms with Gasteiger partial charge in [0.05, 0.1) is 48.8 Å². The number of rotatable bonds is 6. The molecule has 37 heavy (non-hydrogen) atoms. The van der Waals surface area contributed by atoms with E-state index in [9.17, 15) is 19.6 Å². The number of fused-ring (bicyclic) bond motifs is 1. The lowest BCUT2D eigenvalue weighted by molar-refractivity contribution is -0.142. The van der Waals surface area contributed by atoms with E-state index < -0.39 is 29.0 Å². The number of methoxy groups -OCH3 is 2. The molecule has 0 bridgehead atoms. The van der Waals surface area contributed by atoms with Crippen molar-refractivity contribution in [2.75, 3.05) is 19.5 Å². The second-order valence-electron chi connectivity index (χ2n) is 8.65. The fourth-order valence-electron chi connectivity index (χ4n) is 4.32. The number of amides is 2. The van der Waals surface area contributed by atoms with E-state index in [-0.39, 0.29) is 28.4 Å². The summed E-state index contributed by atoms with van der Waals surface area (Å²) in [6.07, 6.45) is -0.203. The number of carbonyl (C=O) groups excluding carboxylic acids is 3. The van der Waals surface area contributed by atoms with E-state index in [1.54, 1.807) is 30.3 Å². The van der Waals surface area contributed by atoms with Crippen molar-refractivity contribution in [3.8, 4) is 11.8 Å². The first kappa shape index (κ1) is 25.9. The Kier molecular flexibility index (Phi) is 7.27. The van der Waals surface area contributed by atoms with Gasteiger partial charge in [-0.1, -0.05) is 30.0 Å². The van der Waals surface area contributed by atoms with Crippen molar-refractivity contribution in [3.05, 3.63) is 81.2 Å². The summed E-state index contributed by atoms with van der Waals surface area (Å²) in [5, 5.41) is 12.5. The van der Waals surface area contributed by atoms with E-state index in [2.05, 4.69) is 11.4 Å². The maximum Gasteiger partial charge on any atom is 0.307 e. The number of hydrogen-bond donors (Lipinski definition) is 2. The lowest BCUT2D eigenvalue weighted by Crippen LogP contribution is -2.39. The second-order valence-corrected chi connectivity index (χ2v) is 9.84. The standard InChI is InChI=1S/C27H26N4O5S/c1-14-8-9-17(10-15(14)2)30-25(33)23-22(16-6-5-7-18(11-16)35-3)19(13-28)24(29)31-26(34)20(37-27(23)31)12-21(32)36-4/h5-11,20,22H,12,29H2,1-4H3,(H,30,33)/t20-,22+/m0/s1. The van der Waals surface area contributed by atoms with Gasteiger partial charge in [0.2, 0.25) is 5.91 Å². The van der Waals surface area contributed by atoms with Gasteiger partial charge in [-0.05, 0) is 54.8 Å². The average molecular weight is 519 g/mol. The Labute approximate surface area is 218 Å². The number of nitrogens with zero attached hydrogens (tertiary/aromatic N) is 2. The van der Waals surface area contributed by atoms with Crippen molar-refractivity contribution in [1.29, 1.82) is 5.26 Å². The highest BCUT2D eigenvalue weighted by atomic mass is 32.2. The number of nitriles is 1. The molecule has 0 aliphatic carbocycles. The molecule has 190 valence electrons. The molecule has 2 aliphatic heterocycles. The predicted molar refractivity (Wildman–Crippen MR) is 139 cm³/mol. The van der Waals surface area contributed by atoms with Gasteiger partial charge in [-0.3, -0.25) is 19.3 Å². The molecular weight excluding hydrogens is 492 g/mol. The predicted octanol–water partition coefficient (Wildman–Crippen LogP) is 3.46. The second kappa shape index (κ2) is 10.4. The van der Waals surface area contributed by atoms with E-state index in [4.69, 9.17) is 15.2 Å². The van der Waals surface area contributed by atoms with Crippen LogP contribution in [0.3, 0.4) is 0 Å². The van der Waals surface area contributed by atoms with Crippen molar-refractivity contribution in [2.45, 2.75) is 31.4 Å². The molecule has 0 saturated carbocycles. The van der Waals surface area contributed by atoms with Crippen LogP contribution < -0.4 is 15.8 Å². The normalized spacial score (nSPS) is 18.9. The van der Waals surface area contributed by atoms with Gasteiger partial charge in [0.1, 0.15) is 16.8 Å². The molecule has 9 nitrogen and oxygen atoms in total. The summed E-state index contributed by atoms with van der Waals surface area (Å²) in [6.45, 7) is 3.91. The van der Waals surface area contributed by atoms with E-state index in [0.717, 1.165) is 22.9 Å². The largest absolute Gasteiger partial charge is 0.497 e. The van der Waals surface area contributed by atoms with E-state index in [1.165, 1.54) is 19.1 Å². The Balaban J connectivity index is 1.89. The molecule has 1 fully saturated rings. The minimum atomic E-state index is -0.866. The molecule has 1 saturated heterocycles. The number of anilines is 1. The fraction of sp³-hybridized carbons (Fsp3) is 0.259. The number of aryl methyl sites for hydroxylation is 2. The molecule has 2 amide bonds. The van der Waals surface area contributed by atoms with Crippen LogP contribution in [0.5, 0.6) is 5.75 Å². The van der Waals surface area contributed by atoms with Gasteiger partial charge >= 0.3 is 5.97 Å². The third-order valence-electron chi connectivity index (χ3n) is 6.41. The zero-order valence-corrected chi connectivity index (χ0v) is 21.6. The summed E-state index contributed by atoms with van der Waals surface area (Å²) < 4.78 is 10.1. The summed E-state index contributed by atoms with van der Waals surface area (Å²) in [5.74, 6) is -1.95. The van der Waals surface area contributed by atoms with Crippen LogP contribution in [-0.4, -0.2) is 42.2 Å². The molecule has 3 N–H and O–H groups in total. The molecule has 0 aromatic heterocycles. The number of allylic oxidation sites excluding steroid dienone is 1. The minimum absolute atomic E-state index is 0.0508. The smallest absolute Gasteiger partial charge is 0.307 e. The Hall–Kier alpha value is -4.23. The van der Waals surface area contributed by atoms with Crippen LogP contribution in [0.1, 0.15) is 29.0 Å². The Morgan fingerprint density at radius 1 is 1.16 bits per heavy atom. The van der Waals surface area contributed by atoms with Gasteiger partial charge in [0.15, 0.2) is 0 Å². The van der Waals surface area contributed by atoms with Gasteiger partial charge in [0.25, 0.3) is 5.91 Å². The van der Waals surface area contributed by atoms with Gasteiger partial charge in [-0.2, -0.15) is 5.26 Å². The molecule has 0 radical (unpaired) electrons. The molecular formula is C27H26N4O5S. The van der Waals surface area contributed by atoms with Gasteiger partial charge in [0, 0.05) is 5.69 Å². The minimum Gasteiger partial charge on any atom is -0.497 e. The number of hydrogen-bond acceptors (Lipinski definition) is 8. The highest BCUT2D eigenvalue weighted by Crippen LogP contribution is 2.50. The molecule has 2 heterocycles. The molecule has 2 aromatic carbocycles. The van der Waals surface area contributed by atoms with Crippen LogP contribution >= 0.6 is 11.8 Å². The van der Waals surface area contributed by atoms with Crippen molar-refractivity contribution >= 4 is 35.2 Å². The number of thioether (sulfide) groups is 1. The fourth-order valence-corrected chi connectivity index (χ4v) is 5.64. The van der Waals surface area contributed by atoms with Crippen LogP contribution in [0.4, 0.5) is 5.69 Å². The SMILES string of the molecule is COC(=O)C[C@@H]1SC2=C(C(=O)Nc3ccc(C)c(C)c3)[C@H](c3cccc(OC)c3)C(C#N)=C(N)N2C1=O. The van der Waals surface area contributed by atoms with Crippen LogP contribution in [0.15, 0.2) is 64.5 Å². The monoisotopic (exact) mass is 518 g/mol. The molecule has 2 aliphatic rings. The highest BCUT2D eigenvalue weighted by Gasteiger charge is 2.48. The summed E-state index contributed by atoms with van der Waals surface area (Å²) >= 11 is 1.06. The maximum absolute atomic E-state index is 13.9. The summed E-state index contributed by atoms with van der Waals surface area (Å²) in [6, 6.07) is 14.6. The third-order valence-corrected chi connectivity index (χ3v) is 7.69. The summed E-state index contributed by atoms with van der Waals surface area (Å²) in [4.78, 5) is 40.3. The maximum atomic E-state index is 13.9. The number of nitrogens with one attached hydrogen (secondary N) is 1. The lowest BCUT2D eigenvalue weighted by Gasteiger charge is -2.32. The highest BCUT2D eigenvalue weighted by molar-refractivity contribution is 8.04. The van der Waals surface area contributed by atoms with E-state index in [0.29, 0.717) is 17.0 Å². The molecule has 2 aromatic rings. The van der Waals surface area contributed by atoms with Gasteiger partial charge in [-0.15, -0.1) is 0 Å². The molecule has 0 unspecified atom stereocenters. The molecule has 0 spiro atoms. The van der Waals surface area contributed by atoms with Crippen molar-refractivity contribution in [2.24, 2.45) is 5.73 Å². The van der Waals surface area contributed by atoms with Crippen LogP contribution in [0.25, 0.3) is 0 Å². The van der Waals surface area contributed by atoms with Crippen LogP contribution in [0, 0.1) is 25.2 Å². The number of esters is 1. The number of nitrogens with two attached hydrogens (primary N) is 1. The number of carbonyl (C=O) groups is 3. The van der Waals surface area contributed by atoms with Crippen LogP contribution in [0.2, 0.25) is 0 Å². The summed E-state index contributed by atoms with van der Waals surface area (Å²) in [7, 11) is 2.76. The van der Waals surface area contributed by atoms with Gasteiger partial charge in [-0.25, -0.2) is 0 Å². The number of ether oxygens (including phenoxy) is 2. The Bertz CT molecular complexity index is 1410. The number of benzene rings is 2. The zero-order chi connectivity index (χ0) is 26.9. The average Bonchev–Trinajstić information content (AvgIpc) is 3.21. The van der Waals surface area contributed by atoms with Crippen molar-refractivity contribution < 1.29 is 23.9 Å². The quantitative estimate of drug-likeness (QED) is 0.555. The topological polar surface area (TPSA) is 135 Å². The van der Waals surface area contributed by atoms with Crippen molar-refractivity contribution in [3.63, 3.8) is 0 Å². The first-order valence-corrected chi connectivity index (χ1v) is 12.3. The van der Waals surface area contributed by atoms with Crippen LogP contribution in [-0.2, 0) is 19.1 Å². The van der Waals surface area contributed by atoms with E-state index in [1.807, 2.05) is 26.0 Å². The zero-order valence-electron chi connectivity index (χ0n) is 20.8. The summed E-state index contributed by atoms with van der Waals surface area (Å²) in [5.41, 5.74) is 9.84. The molecule has 4 rings (SSSR count). The molecule has 2 atom stereocenters. The first-order chi connectivity index (χ1) is 17.7. The van der Waals surface area contributed by atoms with E-state index >= 15 is 0 Å². The Morgan fingerprint density at radius 3 is 2.57 bits per heavy atom. The Morgan fingerprint density at radius 2 is 1.92 bits per heavy atom. The first-order valence-electron chi connectivity index (χ1n) is 11.4. The third kappa shape index (κ3) is 4.78. The molecule has 10 heteroatoms. The lowest BCUT2D eigenvalue weighted by atomic mass is 9.82. The van der Waals surface area contributed by atoms with Crippen molar-refractivity contribution in [1.82, 2.24) is 4.90 Å². The van der Waals surface area contributed by atoms with Gasteiger partial charge < -0.3 is 20.5 Å².